The lowest BCUT2D eigenvalue weighted by Gasteiger charge is -2.34. The second-order valence-electron chi connectivity index (χ2n) is 6.34. The molecule has 1 atom stereocenters. The molecule has 162 valence electrons. The molecule has 2 aromatic rings. The number of halogens is 2. The number of carbonyl (C=O) groups is 2. The van der Waals surface area contributed by atoms with Crippen molar-refractivity contribution < 1.29 is 31.5 Å². The highest BCUT2D eigenvalue weighted by Crippen LogP contribution is 2.24. The largest absolute Gasteiger partial charge is 0.360 e. The van der Waals surface area contributed by atoms with Gasteiger partial charge < -0.3 is 15.4 Å². The van der Waals surface area contributed by atoms with E-state index in [1.54, 1.807) is 6.07 Å². The molecule has 8 nitrogen and oxygen atoms in total. The van der Waals surface area contributed by atoms with Crippen LogP contribution in [0.5, 0.6) is 0 Å². The van der Waals surface area contributed by atoms with E-state index in [2.05, 4.69) is 10.6 Å². The maximum Gasteiger partial charge on any atom is 0.309 e. The molecule has 1 aromatic carbocycles. The SMILES string of the molecule is O=C(NCc1cccs1)C(=O)NC[C@@H]1OCCCN1S(=O)(=O)c1cc(F)ccc1F. The van der Waals surface area contributed by atoms with Gasteiger partial charge in [-0.15, -0.1) is 11.3 Å². The molecule has 0 spiro atoms. The fraction of sp³-hybridized carbons (Fsp3) is 0.333. The van der Waals surface area contributed by atoms with Gasteiger partial charge in [-0.1, -0.05) is 6.07 Å². The van der Waals surface area contributed by atoms with Crippen LogP contribution in [0.15, 0.2) is 40.6 Å². The lowest BCUT2D eigenvalue weighted by atomic mass is 10.3. The maximum atomic E-state index is 14.0. The fourth-order valence-electron chi connectivity index (χ4n) is 2.82. The Balaban J connectivity index is 1.64. The van der Waals surface area contributed by atoms with E-state index in [1.807, 2.05) is 11.4 Å². The third-order valence-electron chi connectivity index (χ3n) is 4.28. The first kappa shape index (κ1) is 22.3. The molecule has 3 rings (SSSR count). The molecule has 1 aliphatic heterocycles. The van der Waals surface area contributed by atoms with Gasteiger partial charge in [0.1, 0.15) is 22.8 Å². The molecular formula is C18H19F2N3O5S2. The fourth-order valence-corrected chi connectivity index (χ4v) is 5.11. The van der Waals surface area contributed by atoms with Gasteiger partial charge in [0.2, 0.25) is 10.0 Å². The number of nitrogens with one attached hydrogen (secondary N) is 2. The Morgan fingerprint density at radius 3 is 2.70 bits per heavy atom. The minimum Gasteiger partial charge on any atom is -0.360 e. The van der Waals surface area contributed by atoms with E-state index in [9.17, 15) is 26.8 Å². The molecule has 2 amide bonds. The van der Waals surface area contributed by atoms with Gasteiger partial charge in [0.15, 0.2) is 0 Å². The molecule has 2 heterocycles. The lowest BCUT2D eigenvalue weighted by molar-refractivity contribution is -0.140. The zero-order valence-electron chi connectivity index (χ0n) is 15.6. The van der Waals surface area contributed by atoms with Crippen molar-refractivity contribution in [2.24, 2.45) is 0 Å². The number of rotatable bonds is 6. The van der Waals surface area contributed by atoms with Crippen molar-refractivity contribution in [3.05, 3.63) is 52.2 Å². The number of benzene rings is 1. The van der Waals surface area contributed by atoms with Crippen molar-refractivity contribution in [1.29, 1.82) is 0 Å². The van der Waals surface area contributed by atoms with Crippen LogP contribution in [-0.2, 0) is 30.9 Å². The molecule has 0 saturated carbocycles. The van der Waals surface area contributed by atoms with Crippen LogP contribution in [0.1, 0.15) is 11.3 Å². The number of amides is 2. The molecule has 2 N–H and O–H groups in total. The first-order valence-electron chi connectivity index (χ1n) is 8.96. The van der Waals surface area contributed by atoms with Crippen molar-refractivity contribution in [3.8, 4) is 0 Å². The lowest BCUT2D eigenvalue weighted by Crippen LogP contribution is -2.53. The van der Waals surface area contributed by atoms with Gasteiger partial charge in [0, 0.05) is 11.4 Å². The zero-order chi connectivity index (χ0) is 21.7. The Kier molecular flexibility index (Phi) is 7.13. The summed E-state index contributed by atoms with van der Waals surface area (Å²) in [5.41, 5.74) is 0. The van der Waals surface area contributed by atoms with E-state index < -0.39 is 44.6 Å². The molecule has 12 heteroatoms. The minimum atomic E-state index is -4.43. The molecule has 1 aliphatic rings. The maximum absolute atomic E-state index is 14.0. The van der Waals surface area contributed by atoms with Crippen molar-refractivity contribution in [2.75, 3.05) is 19.7 Å². The van der Waals surface area contributed by atoms with E-state index in [0.29, 0.717) is 12.5 Å². The summed E-state index contributed by atoms with van der Waals surface area (Å²) in [5, 5.41) is 6.60. The van der Waals surface area contributed by atoms with Crippen molar-refractivity contribution in [1.82, 2.24) is 14.9 Å². The van der Waals surface area contributed by atoms with E-state index >= 15 is 0 Å². The van der Waals surface area contributed by atoms with Crippen LogP contribution in [0.25, 0.3) is 0 Å². The standard InChI is InChI=1S/C18H19F2N3O5S2/c19-12-4-5-14(20)15(9-12)30(26,27)23-6-2-7-28-16(23)11-22-18(25)17(24)21-10-13-3-1-8-29-13/h1,3-5,8-9,16H,2,6-7,10-11H2,(H,21,24)(H,22,25)/t16-/m0/s1. The number of nitrogens with zero attached hydrogens (tertiary/aromatic N) is 1. The van der Waals surface area contributed by atoms with E-state index in [0.717, 1.165) is 21.3 Å². The normalized spacial score (nSPS) is 17.5. The minimum absolute atomic E-state index is 0.0105. The first-order chi connectivity index (χ1) is 14.3. The van der Waals surface area contributed by atoms with Crippen LogP contribution >= 0.6 is 11.3 Å². The van der Waals surface area contributed by atoms with Gasteiger partial charge in [0.25, 0.3) is 0 Å². The number of sulfonamides is 1. The summed E-state index contributed by atoms with van der Waals surface area (Å²) in [6, 6.07) is 5.73. The predicted octanol–water partition coefficient (Wildman–Crippen LogP) is 1.20. The number of thiophene rings is 1. The van der Waals surface area contributed by atoms with Crippen LogP contribution in [0, 0.1) is 11.6 Å². The van der Waals surface area contributed by atoms with Crippen LogP contribution in [-0.4, -0.2) is 50.5 Å². The molecule has 1 aromatic heterocycles. The van der Waals surface area contributed by atoms with Gasteiger partial charge in [-0.05, 0) is 36.1 Å². The summed E-state index contributed by atoms with van der Waals surface area (Å²) in [5.74, 6) is -3.85. The Hall–Kier alpha value is -2.41. The van der Waals surface area contributed by atoms with Crippen LogP contribution in [0.3, 0.4) is 0 Å². The average molecular weight is 459 g/mol. The number of ether oxygens (including phenoxy) is 1. The van der Waals surface area contributed by atoms with Gasteiger partial charge in [-0.25, -0.2) is 17.2 Å². The van der Waals surface area contributed by atoms with Gasteiger partial charge in [-0.3, -0.25) is 9.59 Å². The average Bonchev–Trinajstić information content (AvgIpc) is 3.25. The molecule has 1 saturated heterocycles. The Morgan fingerprint density at radius 1 is 1.20 bits per heavy atom. The summed E-state index contributed by atoms with van der Waals surface area (Å²) >= 11 is 1.42. The van der Waals surface area contributed by atoms with Crippen LogP contribution in [0.4, 0.5) is 8.78 Å². The number of hydrogen-bond donors (Lipinski definition) is 2. The van der Waals surface area contributed by atoms with E-state index in [4.69, 9.17) is 4.74 Å². The molecule has 0 bridgehead atoms. The first-order valence-corrected chi connectivity index (χ1v) is 11.3. The van der Waals surface area contributed by atoms with Gasteiger partial charge in [-0.2, -0.15) is 4.31 Å². The number of hydrogen-bond acceptors (Lipinski definition) is 6. The Bertz CT molecular complexity index is 1010. The zero-order valence-corrected chi connectivity index (χ0v) is 17.3. The Labute approximate surface area is 175 Å². The molecule has 0 unspecified atom stereocenters. The molecule has 1 fully saturated rings. The molecule has 30 heavy (non-hydrogen) atoms. The van der Waals surface area contributed by atoms with Gasteiger partial charge in [0.05, 0.1) is 19.7 Å². The molecule has 0 radical (unpaired) electrons. The summed E-state index contributed by atoms with van der Waals surface area (Å²) in [6.45, 7) is 0.0524. The second kappa shape index (κ2) is 9.60. The highest BCUT2D eigenvalue weighted by atomic mass is 32.2. The summed E-state index contributed by atoms with van der Waals surface area (Å²) in [7, 11) is -4.43. The smallest absolute Gasteiger partial charge is 0.309 e. The van der Waals surface area contributed by atoms with E-state index in [-0.39, 0.29) is 26.2 Å². The van der Waals surface area contributed by atoms with Crippen molar-refractivity contribution >= 4 is 33.2 Å². The predicted molar refractivity (Wildman–Crippen MR) is 104 cm³/mol. The van der Waals surface area contributed by atoms with Crippen LogP contribution < -0.4 is 10.6 Å². The highest BCUT2D eigenvalue weighted by Gasteiger charge is 2.36. The Morgan fingerprint density at radius 2 is 1.97 bits per heavy atom. The monoisotopic (exact) mass is 459 g/mol. The van der Waals surface area contributed by atoms with Crippen molar-refractivity contribution in [3.63, 3.8) is 0 Å². The summed E-state index contributed by atoms with van der Waals surface area (Å²) in [4.78, 5) is 24.0. The summed E-state index contributed by atoms with van der Waals surface area (Å²) in [6.07, 6.45) is -0.831. The second-order valence-corrected chi connectivity index (χ2v) is 9.23. The van der Waals surface area contributed by atoms with Crippen LogP contribution in [0.2, 0.25) is 0 Å². The van der Waals surface area contributed by atoms with Gasteiger partial charge >= 0.3 is 11.8 Å². The quantitative estimate of drug-likeness (QED) is 0.632. The third kappa shape index (κ3) is 5.19. The molecular weight excluding hydrogens is 440 g/mol. The number of carbonyl (C=O) groups excluding carboxylic acids is 2. The third-order valence-corrected chi connectivity index (χ3v) is 7.06. The topological polar surface area (TPSA) is 105 Å². The summed E-state index contributed by atoms with van der Waals surface area (Å²) < 4.78 is 59.4. The van der Waals surface area contributed by atoms with Crippen molar-refractivity contribution in [2.45, 2.75) is 24.1 Å². The highest BCUT2D eigenvalue weighted by molar-refractivity contribution is 7.89. The molecule has 0 aliphatic carbocycles. The van der Waals surface area contributed by atoms with E-state index in [1.165, 1.54) is 11.3 Å².